The highest BCUT2D eigenvalue weighted by Gasteiger charge is 2.52. The van der Waals surface area contributed by atoms with Crippen molar-refractivity contribution < 1.29 is 14.6 Å². The van der Waals surface area contributed by atoms with Gasteiger partial charge in [-0.2, -0.15) is 0 Å². The summed E-state index contributed by atoms with van der Waals surface area (Å²) >= 11 is 0. The molecule has 1 N–H and O–H groups in total. The van der Waals surface area contributed by atoms with Crippen molar-refractivity contribution in [3.63, 3.8) is 0 Å². The molecule has 3 heteroatoms. The number of rotatable bonds is 6. The summed E-state index contributed by atoms with van der Waals surface area (Å²) in [4.78, 5) is 11.9. The molecule has 3 nitrogen and oxygen atoms in total. The summed E-state index contributed by atoms with van der Waals surface area (Å²) in [5.41, 5.74) is -0.861. The van der Waals surface area contributed by atoms with Crippen molar-refractivity contribution >= 4 is 5.97 Å². The van der Waals surface area contributed by atoms with E-state index in [1.54, 1.807) is 6.92 Å². The smallest absolute Gasteiger partial charge is 0.312 e. The van der Waals surface area contributed by atoms with Gasteiger partial charge >= 0.3 is 5.97 Å². The first-order valence-corrected chi connectivity index (χ1v) is 6.36. The van der Waals surface area contributed by atoms with E-state index < -0.39 is 5.60 Å². The van der Waals surface area contributed by atoms with Gasteiger partial charge in [0.25, 0.3) is 0 Å². The largest absolute Gasteiger partial charge is 0.466 e. The predicted octanol–water partition coefficient (Wildman–Crippen LogP) is 2.37. The molecule has 0 aromatic carbocycles. The number of ether oxygens (including phenoxy) is 1. The Kier molecular flexibility index (Phi) is 4.36. The zero-order valence-corrected chi connectivity index (χ0v) is 10.8. The van der Waals surface area contributed by atoms with Crippen LogP contribution in [0, 0.1) is 17.8 Å². The summed E-state index contributed by atoms with van der Waals surface area (Å²) in [6.45, 7) is 8.09. The van der Waals surface area contributed by atoms with Gasteiger partial charge in [-0.05, 0) is 38.0 Å². The van der Waals surface area contributed by atoms with Gasteiger partial charge in [0.05, 0.1) is 18.1 Å². The zero-order valence-electron chi connectivity index (χ0n) is 10.8. The highest BCUT2D eigenvalue weighted by atomic mass is 16.5. The van der Waals surface area contributed by atoms with Crippen LogP contribution in [0.5, 0.6) is 0 Å². The SMILES string of the molecule is CCOC(=O)C(C(C)C)C(O)(CC)C1CC1. The minimum absolute atomic E-state index is 0.115. The zero-order chi connectivity index (χ0) is 12.3. The minimum atomic E-state index is -0.861. The first-order chi connectivity index (χ1) is 7.47. The molecule has 1 fully saturated rings. The predicted molar refractivity (Wildman–Crippen MR) is 62.9 cm³/mol. The summed E-state index contributed by atoms with van der Waals surface area (Å²) in [5.74, 6) is -0.224. The van der Waals surface area contributed by atoms with Crippen LogP contribution >= 0.6 is 0 Å². The molecule has 2 atom stereocenters. The Morgan fingerprint density at radius 1 is 1.44 bits per heavy atom. The molecule has 0 heterocycles. The van der Waals surface area contributed by atoms with E-state index >= 15 is 0 Å². The second kappa shape index (κ2) is 5.17. The summed E-state index contributed by atoms with van der Waals surface area (Å²) in [6, 6.07) is 0. The van der Waals surface area contributed by atoms with E-state index in [0.29, 0.717) is 13.0 Å². The monoisotopic (exact) mass is 228 g/mol. The first-order valence-electron chi connectivity index (χ1n) is 6.36. The highest BCUT2D eigenvalue weighted by molar-refractivity contribution is 5.74. The quantitative estimate of drug-likeness (QED) is 0.710. The average Bonchev–Trinajstić information content (AvgIpc) is 3.00. The Morgan fingerprint density at radius 3 is 2.31 bits per heavy atom. The molecule has 0 spiro atoms. The molecule has 0 aromatic heterocycles. The second-order valence-corrected chi connectivity index (χ2v) is 5.09. The maximum Gasteiger partial charge on any atom is 0.312 e. The normalized spacial score (nSPS) is 21.6. The van der Waals surface area contributed by atoms with E-state index in [1.165, 1.54) is 0 Å². The van der Waals surface area contributed by atoms with Crippen LogP contribution in [0.3, 0.4) is 0 Å². The molecule has 94 valence electrons. The minimum Gasteiger partial charge on any atom is -0.466 e. The van der Waals surface area contributed by atoms with Gasteiger partial charge in [0, 0.05) is 0 Å². The molecule has 2 unspecified atom stereocenters. The maximum absolute atomic E-state index is 11.9. The molecule has 0 aromatic rings. The van der Waals surface area contributed by atoms with Crippen LogP contribution in [0.4, 0.5) is 0 Å². The molecule has 16 heavy (non-hydrogen) atoms. The fraction of sp³-hybridized carbons (Fsp3) is 0.923. The molecular weight excluding hydrogens is 204 g/mol. The standard InChI is InChI=1S/C13H24O3/c1-5-13(15,10-7-8-10)11(9(3)4)12(14)16-6-2/h9-11,15H,5-8H2,1-4H3. The number of carbonyl (C=O) groups is 1. The number of hydrogen-bond donors (Lipinski definition) is 1. The lowest BCUT2D eigenvalue weighted by Crippen LogP contribution is -2.47. The van der Waals surface area contributed by atoms with E-state index in [1.807, 2.05) is 20.8 Å². The van der Waals surface area contributed by atoms with Crippen LogP contribution in [-0.2, 0) is 9.53 Å². The number of esters is 1. The lowest BCUT2D eigenvalue weighted by Gasteiger charge is -2.36. The molecule has 1 aliphatic carbocycles. The first kappa shape index (κ1) is 13.5. The highest BCUT2D eigenvalue weighted by Crippen LogP contribution is 2.47. The molecule has 0 amide bonds. The molecule has 0 saturated heterocycles. The van der Waals surface area contributed by atoms with Gasteiger partial charge < -0.3 is 9.84 Å². The molecular formula is C13H24O3. The third-order valence-corrected chi connectivity index (χ3v) is 3.60. The Labute approximate surface area is 98.2 Å². The number of aliphatic hydroxyl groups is 1. The van der Waals surface area contributed by atoms with E-state index in [9.17, 15) is 9.90 Å². The summed E-state index contributed by atoms with van der Waals surface area (Å²) in [5, 5.41) is 10.7. The van der Waals surface area contributed by atoms with Crippen molar-refractivity contribution in [3.8, 4) is 0 Å². The molecule has 0 radical (unpaired) electrons. The van der Waals surface area contributed by atoms with Crippen LogP contribution in [0.15, 0.2) is 0 Å². The molecule has 0 bridgehead atoms. The Hall–Kier alpha value is -0.570. The molecule has 0 aliphatic heterocycles. The van der Waals surface area contributed by atoms with Gasteiger partial charge in [-0.25, -0.2) is 0 Å². The fourth-order valence-electron chi connectivity index (χ4n) is 2.63. The molecule has 1 rings (SSSR count). The lowest BCUT2D eigenvalue weighted by molar-refractivity contribution is -0.164. The van der Waals surface area contributed by atoms with Gasteiger partial charge in [0.1, 0.15) is 0 Å². The van der Waals surface area contributed by atoms with Gasteiger partial charge in [-0.1, -0.05) is 20.8 Å². The Bertz CT molecular complexity index is 246. The third-order valence-electron chi connectivity index (χ3n) is 3.60. The van der Waals surface area contributed by atoms with E-state index in [2.05, 4.69) is 0 Å². The van der Waals surface area contributed by atoms with E-state index in [4.69, 9.17) is 4.74 Å². The average molecular weight is 228 g/mol. The third kappa shape index (κ3) is 2.57. The van der Waals surface area contributed by atoms with Crippen molar-refractivity contribution in [3.05, 3.63) is 0 Å². The van der Waals surface area contributed by atoms with Crippen molar-refractivity contribution in [2.24, 2.45) is 17.8 Å². The number of hydrogen-bond acceptors (Lipinski definition) is 3. The van der Waals surface area contributed by atoms with Crippen molar-refractivity contribution in [2.45, 2.75) is 52.6 Å². The van der Waals surface area contributed by atoms with Crippen LogP contribution in [0.2, 0.25) is 0 Å². The molecule has 1 aliphatic rings. The van der Waals surface area contributed by atoms with E-state index in [0.717, 1.165) is 12.8 Å². The van der Waals surface area contributed by atoms with Gasteiger partial charge in [0.15, 0.2) is 0 Å². The van der Waals surface area contributed by atoms with E-state index in [-0.39, 0.29) is 23.7 Å². The Balaban J connectivity index is 2.86. The van der Waals surface area contributed by atoms with Gasteiger partial charge in [-0.15, -0.1) is 0 Å². The summed E-state index contributed by atoms with van der Waals surface area (Å²) < 4.78 is 5.09. The van der Waals surface area contributed by atoms with Crippen LogP contribution in [0.25, 0.3) is 0 Å². The lowest BCUT2D eigenvalue weighted by atomic mass is 9.75. The van der Waals surface area contributed by atoms with Crippen LogP contribution in [-0.4, -0.2) is 23.3 Å². The second-order valence-electron chi connectivity index (χ2n) is 5.09. The van der Waals surface area contributed by atoms with Gasteiger partial charge in [-0.3, -0.25) is 4.79 Å². The van der Waals surface area contributed by atoms with Crippen LogP contribution in [0.1, 0.15) is 47.0 Å². The summed E-state index contributed by atoms with van der Waals surface area (Å²) in [7, 11) is 0. The van der Waals surface area contributed by atoms with Crippen molar-refractivity contribution in [1.82, 2.24) is 0 Å². The van der Waals surface area contributed by atoms with Crippen molar-refractivity contribution in [2.75, 3.05) is 6.61 Å². The molecule has 1 saturated carbocycles. The Morgan fingerprint density at radius 2 is 2.00 bits per heavy atom. The fourth-order valence-corrected chi connectivity index (χ4v) is 2.63. The number of carbonyl (C=O) groups excluding carboxylic acids is 1. The van der Waals surface area contributed by atoms with Crippen LogP contribution < -0.4 is 0 Å². The topological polar surface area (TPSA) is 46.5 Å². The summed E-state index contributed by atoms with van der Waals surface area (Å²) in [6.07, 6.45) is 2.69. The maximum atomic E-state index is 11.9. The van der Waals surface area contributed by atoms with Gasteiger partial charge in [0.2, 0.25) is 0 Å². The van der Waals surface area contributed by atoms with Crippen molar-refractivity contribution in [1.29, 1.82) is 0 Å².